The van der Waals surface area contributed by atoms with Crippen LogP contribution in [0.4, 0.5) is 0 Å². The highest BCUT2D eigenvalue weighted by molar-refractivity contribution is 14.1. The van der Waals surface area contributed by atoms with E-state index in [0.717, 1.165) is 29.3 Å². The van der Waals surface area contributed by atoms with Crippen molar-refractivity contribution in [1.82, 2.24) is 5.32 Å². The molecule has 0 unspecified atom stereocenters. The Kier molecular flexibility index (Phi) is 8.25. The van der Waals surface area contributed by atoms with E-state index in [1.54, 1.807) is 12.1 Å². The van der Waals surface area contributed by atoms with Gasteiger partial charge in [0.25, 0.3) is 5.91 Å². The third kappa shape index (κ3) is 5.46. The van der Waals surface area contributed by atoms with Gasteiger partial charge in [0.15, 0.2) is 0 Å². The number of rotatable bonds is 8. The predicted octanol–water partition coefficient (Wildman–Crippen LogP) is 3.24. The van der Waals surface area contributed by atoms with Crippen molar-refractivity contribution >= 4 is 40.1 Å². The van der Waals surface area contributed by atoms with Gasteiger partial charge in [0.1, 0.15) is 5.75 Å². The van der Waals surface area contributed by atoms with Gasteiger partial charge in [-0.2, -0.15) is 0 Å². The summed E-state index contributed by atoms with van der Waals surface area (Å²) in [7, 11) is 1.53. The molecule has 0 atom stereocenters. The van der Waals surface area contributed by atoms with Crippen LogP contribution >= 0.6 is 34.2 Å². The summed E-state index contributed by atoms with van der Waals surface area (Å²) in [5, 5.41) is 12.1. The Labute approximate surface area is 138 Å². The normalized spacial score (nSPS) is 10.4. The van der Waals surface area contributed by atoms with Crippen molar-refractivity contribution in [3.8, 4) is 5.75 Å². The molecule has 0 aliphatic heterocycles. The van der Waals surface area contributed by atoms with E-state index >= 15 is 0 Å². The van der Waals surface area contributed by atoms with Gasteiger partial charge in [-0.1, -0.05) is 24.4 Å². The monoisotopic (exact) mass is 411 g/mol. The summed E-state index contributed by atoms with van der Waals surface area (Å²) < 4.78 is 6.06. The first kappa shape index (κ1) is 17.5. The second kappa shape index (κ2) is 9.41. The van der Waals surface area contributed by atoms with Gasteiger partial charge >= 0.3 is 0 Å². The standard InChI is InChI=1S/C14H19ClINO3/c1-20-13-9-12(16)11(15)8-10(13)14(19)17-6-4-2-3-5-7-18/h8-9,18H,2-7H2,1H3,(H,17,19). The number of halogens is 2. The van der Waals surface area contributed by atoms with Gasteiger partial charge in [-0.15, -0.1) is 0 Å². The summed E-state index contributed by atoms with van der Waals surface area (Å²) in [6.45, 7) is 0.835. The summed E-state index contributed by atoms with van der Waals surface area (Å²) in [5.41, 5.74) is 0.452. The van der Waals surface area contributed by atoms with Crippen LogP contribution in [-0.2, 0) is 0 Å². The van der Waals surface area contributed by atoms with Crippen molar-refractivity contribution < 1.29 is 14.6 Å². The maximum atomic E-state index is 12.1. The summed E-state index contributed by atoms with van der Waals surface area (Å²) in [5.74, 6) is 0.346. The third-order valence-corrected chi connectivity index (χ3v) is 4.38. The minimum atomic E-state index is -0.178. The average Bonchev–Trinajstić information content (AvgIpc) is 2.44. The van der Waals surface area contributed by atoms with E-state index in [4.69, 9.17) is 21.4 Å². The lowest BCUT2D eigenvalue weighted by Gasteiger charge is -2.11. The topological polar surface area (TPSA) is 58.6 Å². The zero-order chi connectivity index (χ0) is 15.0. The Morgan fingerprint density at radius 1 is 1.35 bits per heavy atom. The Morgan fingerprint density at radius 3 is 2.70 bits per heavy atom. The molecule has 2 N–H and O–H groups in total. The first-order chi connectivity index (χ1) is 9.60. The number of carbonyl (C=O) groups excluding carboxylic acids is 1. The summed E-state index contributed by atoms with van der Waals surface area (Å²) in [6, 6.07) is 3.38. The second-order valence-corrected chi connectivity index (χ2v) is 5.93. The fraction of sp³-hybridized carbons (Fsp3) is 0.500. The largest absolute Gasteiger partial charge is 0.496 e. The number of ether oxygens (including phenoxy) is 1. The Bertz CT molecular complexity index is 454. The van der Waals surface area contributed by atoms with Crippen LogP contribution < -0.4 is 10.1 Å². The highest BCUT2D eigenvalue weighted by atomic mass is 127. The van der Waals surface area contributed by atoms with E-state index < -0.39 is 0 Å². The smallest absolute Gasteiger partial charge is 0.255 e. The van der Waals surface area contributed by atoms with Gasteiger partial charge in [0.05, 0.1) is 17.7 Å². The summed E-state index contributed by atoms with van der Waals surface area (Å²) in [4.78, 5) is 12.1. The molecule has 1 rings (SSSR count). The molecule has 0 spiro atoms. The van der Waals surface area contributed by atoms with E-state index in [1.165, 1.54) is 7.11 Å². The fourth-order valence-electron chi connectivity index (χ4n) is 1.76. The molecule has 112 valence electrons. The zero-order valence-corrected chi connectivity index (χ0v) is 14.3. The summed E-state index contributed by atoms with van der Waals surface area (Å²) >= 11 is 8.14. The van der Waals surface area contributed by atoms with Crippen LogP contribution in [0.5, 0.6) is 5.75 Å². The van der Waals surface area contributed by atoms with Gasteiger partial charge in [-0.05, 0) is 47.6 Å². The van der Waals surface area contributed by atoms with Crippen molar-refractivity contribution in [2.24, 2.45) is 0 Å². The molecule has 0 heterocycles. The number of aliphatic hydroxyl groups excluding tert-OH is 1. The number of unbranched alkanes of at least 4 members (excludes halogenated alkanes) is 3. The number of nitrogens with one attached hydrogen (secondary N) is 1. The molecule has 0 radical (unpaired) electrons. The van der Waals surface area contributed by atoms with E-state index in [2.05, 4.69) is 27.9 Å². The highest BCUT2D eigenvalue weighted by Gasteiger charge is 2.14. The minimum Gasteiger partial charge on any atom is -0.496 e. The lowest BCUT2D eigenvalue weighted by molar-refractivity contribution is 0.0949. The number of hydrogen-bond donors (Lipinski definition) is 2. The minimum absolute atomic E-state index is 0.178. The number of methoxy groups -OCH3 is 1. The molecule has 0 aromatic heterocycles. The molecule has 4 nitrogen and oxygen atoms in total. The molecular formula is C14H19ClINO3. The molecule has 20 heavy (non-hydrogen) atoms. The van der Waals surface area contributed by atoms with E-state index in [-0.39, 0.29) is 12.5 Å². The molecule has 0 fully saturated rings. The number of benzene rings is 1. The van der Waals surface area contributed by atoms with Gasteiger partial charge in [-0.3, -0.25) is 4.79 Å². The van der Waals surface area contributed by atoms with Crippen molar-refractivity contribution in [2.45, 2.75) is 25.7 Å². The maximum Gasteiger partial charge on any atom is 0.255 e. The second-order valence-electron chi connectivity index (χ2n) is 4.36. The average molecular weight is 412 g/mol. The van der Waals surface area contributed by atoms with Crippen LogP contribution in [0.15, 0.2) is 12.1 Å². The van der Waals surface area contributed by atoms with Crippen LogP contribution in [0.1, 0.15) is 36.0 Å². The van der Waals surface area contributed by atoms with E-state index in [0.29, 0.717) is 22.9 Å². The molecule has 6 heteroatoms. The van der Waals surface area contributed by atoms with Crippen molar-refractivity contribution in [3.63, 3.8) is 0 Å². The molecule has 0 saturated heterocycles. The SMILES string of the molecule is COc1cc(I)c(Cl)cc1C(=O)NCCCCCCO. The van der Waals surface area contributed by atoms with Gasteiger partial charge in [-0.25, -0.2) is 0 Å². The van der Waals surface area contributed by atoms with Crippen LogP contribution in [-0.4, -0.2) is 31.3 Å². The van der Waals surface area contributed by atoms with Gasteiger partial charge in [0, 0.05) is 16.7 Å². The van der Waals surface area contributed by atoms with Crippen molar-refractivity contribution in [2.75, 3.05) is 20.3 Å². The number of hydrogen-bond acceptors (Lipinski definition) is 3. The molecular weight excluding hydrogens is 393 g/mol. The number of amides is 1. The lowest BCUT2D eigenvalue weighted by Crippen LogP contribution is -2.25. The third-order valence-electron chi connectivity index (χ3n) is 2.86. The molecule has 0 bridgehead atoms. The lowest BCUT2D eigenvalue weighted by atomic mass is 10.1. The molecule has 0 saturated carbocycles. The Hall–Kier alpha value is -0.530. The van der Waals surface area contributed by atoms with Crippen molar-refractivity contribution in [1.29, 1.82) is 0 Å². The van der Waals surface area contributed by atoms with Crippen LogP contribution in [0, 0.1) is 3.57 Å². The van der Waals surface area contributed by atoms with Crippen molar-refractivity contribution in [3.05, 3.63) is 26.3 Å². The maximum absolute atomic E-state index is 12.1. The number of aliphatic hydroxyl groups is 1. The Morgan fingerprint density at radius 2 is 2.05 bits per heavy atom. The van der Waals surface area contributed by atoms with Gasteiger partial charge < -0.3 is 15.2 Å². The van der Waals surface area contributed by atoms with E-state index in [9.17, 15) is 4.79 Å². The van der Waals surface area contributed by atoms with Crippen LogP contribution in [0.25, 0.3) is 0 Å². The van der Waals surface area contributed by atoms with Gasteiger partial charge in [0.2, 0.25) is 0 Å². The first-order valence-corrected chi connectivity index (χ1v) is 7.98. The molecule has 1 aromatic carbocycles. The number of carbonyl (C=O) groups is 1. The zero-order valence-electron chi connectivity index (χ0n) is 11.4. The first-order valence-electron chi connectivity index (χ1n) is 6.52. The quantitative estimate of drug-likeness (QED) is 0.510. The molecule has 0 aliphatic carbocycles. The molecule has 1 amide bonds. The van der Waals surface area contributed by atoms with Crippen LogP contribution in [0.2, 0.25) is 5.02 Å². The Balaban J connectivity index is 2.53. The molecule has 0 aliphatic rings. The van der Waals surface area contributed by atoms with Crippen LogP contribution in [0.3, 0.4) is 0 Å². The summed E-state index contributed by atoms with van der Waals surface area (Å²) in [6.07, 6.45) is 3.68. The highest BCUT2D eigenvalue weighted by Crippen LogP contribution is 2.28. The molecule has 1 aromatic rings. The fourth-order valence-corrected chi connectivity index (χ4v) is 2.36. The predicted molar refractivity (Wildman–Crippen MR) is 88.6 cm³/mol. The van der Waals surface area contributed by atoms with E-state index in [1.807, 2.05) is 0 Å².